The van der Waals surface area contributed by atoms with Crippen LogP contribution < -0.4 is 4.74 Å². The number of halogens is 3. The SMILES string of the molecule is N#Cc1cccc(C(=O)CCc2cc(CN(Cc3ccc(CS(=O)O)cc3)S(=O)(=O)c3cc(Cl)cc(Cl)c3O)cc(Oc3ccc(F)cc3)c2)c1. The molecular formula is C37H29Cl2FN2O7S2. The maximum Gasteiger partial charge on any atom is 0.247 e. The average Bonchev–Trinajstić information content (AvgIpc) is 3.10. The Balaban J connectivity index is 1.53. The van der Waals surface area contributed by atoms with Crippen LogP contribution in [0.4, 0.5) is 4.39 Å². The molecule has 1 atom stereocenters. The van der Waals surface area contributed by atoms with Crippen LogP contribution in [-0.4, -0.2) is 32.4 Å². The van der Waals surface area contributed by atoms with Crippen molar-refractivity contribution in [2.45, 2.75) is 36.6 Å². The predicted molar refractivity (Wildman–Crippen MR) is 192 cm³/mol. The van der Waals surface area contributed by atoms with Gasteiger partial charge >= 0.3 is 0 Å². The van der Waals surface area contributed by atoms with Crippen LogP contribution in [0.25, 0.3) is 0 Å². The summed E-state index contributed by atoms with van der Waals surface area (Å²) in [5.41, 5.74) is 2.90. The van der Waals surface area contributed by atoms with E-state index in [0.29, 0.717) is 44.9 Å². The number of hydrogen-bond donors (Lipinski definition) is 2. The van der Waals surface area contributed by atoms with Crippen molar-refractivity contribution in [3.63, 3.8) is 0 Å². The van der Waals surface area contributed by atoms with Gasteiger partial charge in [0.25, 0.3) is 0 Å². The number of sulfonamides is 1. The first-order chi connectivity index (χ1) is 24.3. The molecule has 2 N–H and O–H groups in total. The van der Waals surface area contributed by atoms with E-state index in [-0.39, 0.29) is 47.5 Å². The summed E-state index contributed by atoms with van der Waals surface area (Å²) in [6.07, 6.45) is 0.296. The molecule has 0 bridgehead atoms. The molecule has 5 rings (SSSR count). The number of hydrogen-bond acceptors (Lipinski definition) is 7. The first-order valence-electron chi connectivity index (χ1n) is 15.2. The van der Waals surface area contributed by atoms with Crippen molar-refractivity contribution in [2.75, 3.05) is 0 Å². The van der Waals surface area contributed by atoms with Crippen molar-refractivity contribution < 1.29 is 36.2 Å². The van der Waals surface area contributed by atoms with E-state index < -0.39 is 37.6 Å². The van der Waals surface area contributed by atoms with E-state index in [1.54, 1.807) is 60.7 Å². The minimum atomic E-state index is -4.50. The lowest BCUT2D eigenvalue weighted by Crippen LogP contribution is -2.30. The molecule has 5 aromatic rings. The number of carbonyl (C=O) groups is 1. The number of aryl methyl sites for hydroxylation is 1. The Morgan fingerprint density at radius 3 is 2.22 bits per heavy atom. The molecule has 14 heteroatoms. The normalized spacial score (nSPS) is 12.0. The van der Waals surface area contributed by atoms with E-state index in [0.717, 1.165) is 10.4 Å². The Morgan fingerprint density at radius 2 is 1.53 bits per heavy atom. The van der Waals surface area contributed by atoms with E-state index in [1.165, 1.54) is 36.4 Å². The van der Waals surface area contributed by atoms with Gasteiger partial charge in [-0.3, -0.25) is 4.79 Å². The van der Waals surface area contributed by atoms with Crippen LogP contribution in [0, 0.1) is 17.1 Å². The lowest BCUT2D eigenvalue weighted by molar-refractivity contribution is 0.0982. The minimum Gasteiger partial charge on any atom is -0.505 e. The van der Waals surface area contributed by atoms with Crippen LogP contribution in [0.15, 0.2) is 108 Å². The van der Waals surface area contributed by atoms with E-state index in [9.17, 15) is 36.7 Å². The summed E-state index contributed by atoms with van der Waals surface area (Å²) in [5, 5.41) is 19.7. The quantitative estimate of drug-likeness (QED) is 0.0847. The van der Waals surface area contributed by atoms with Gasteiger partial charge in [0.2, 0.25) is 10.0 Å². The van der Waals surface area contributed by atoms with Gasteiger partial charge < -0.3 is 14.4 Å². The Morgan fingerprint density at radius 1 is 0.863 bits per heavy atom. The summed E-state index contributed by atoms with van der Waals surface area (Å²) in [5.74, 6) is -0.841. The van der Waals surface area contributed by atoms with Gasteiger partial charge in [0.1, 0.15) is 22.2 Å². The zero-order chi connectivity index (χ0) is 36.7. The summed E-state index contributed by atoms with van der Waals surface area (Å²) in [6.45, 7) is -0.444. The highest BCUT2D eigenvalue weighted by molar-refractivity contribution is 7.89. The molecule has 0 radical (unpaired) electrons. The second-order valence-corrected chi connectivity index (χ2v) is 15.1. The second-order valence-electron chi connectivity index (χ2n) is 11.4. The number of ketones is 1. The van der Waals surface area contributed by atoms with Crippen LogP contribution in [-0.2, 0) is 46.4 Å². The minimum absolute atomic E-state index is 0.0142. The fourth-order valence-corrected chi connectivity index (χ4v) is 7.86. The Labute approximate surface area is 306 Å². The van der Waals surface area contributed by atoms with E-state index in [2.05, 4.69) is 0 Å². The molecule has 0 saturated carbocycles. The topological polar surface area (TPSA) is 145 Å². The number of rotatable bonds is 14. The van der Waals surface area contributed by atoms with Crippen molar-refractivity contribution in [1.29, 1.82) is 5.26 Å². The van der Waals surface area contributed by atoms with Gasteiger partial charge in [-0.15, -0.1) is 0 Å². The molecule has 0 aliphatic carbocycles. The van der Waals surface area contributed by atoms with E-state index in [1.807, 2.05) is 6.07 Å². The standard InChI is InChI=1S/C37H29Cl2FN2O7S2/c38-30-18-34(39)37(44)36(19-30)51(47,48)42(21-24-4-6-25(7-5-24)23-50(45)46)22-28-14-26(8-13-35(43)29-3-1-2-27(15-29)20-41)16-33(17-28)49-32-11-9-31(40)10-12-32/h1-7,9-12,14-19,44H,8,13,21-23H2,(H,45,46). The van der Waals surface area contributed by atoms with Gasteiger partial charge in [-0.25, -0.2) is 17.0 Å². The molecule has 0 amide bonds. The summed E-state index contributed by atoms with van der Waals surface area (Å²) >= 11 is 10.2. The summed E-state index contributed by atoms with van der Waals surface area (Å²) < 4.78 is 69.8. The molecule has 0 fully saturated rings. The lowest BCUT2D eigenvalue weighted by atomic mass is 10.00. The van der Waals surface area contributed by atoms with E-state index >= 15 is 0 Å². The predicted octanol–water partition coefficient (Wildman–Crippen LogP) is 8.43. The average molecular weight is 768 g/mol. The molecule has 0 spiro atoms. The highest BCUT2D eigenvalue weighted by Crippen LogP contribution is 2.37. The third kappa shape index (κ3) is 10.0. The maximum absolute atomic E-state index is 14.2. The number of carbonyl (C=O) groups excluding carboxylic acids is 1. The number of Topliss-reactive ketones (excluding diaryl/α,β-unsaturated/α-hetero) is 1. The highest BCUT2D eigenvalue weighted by atomic mass is 35.5. The summed E-state index contributed by atoms with van der Waals surface area (Å²) in [6, 6.07) is 27.5. The monoisotopic (exact) mass is 766 g/mol. The number of phenolic OH excluding ortho intramolecular Hbond substituents is 1. The Kier molecular flexibility index (Phi) is 12.3. The first-order valence-corrected chi connectivity index (χ1v) is 18.7. The number of aromatic hydroxyl groups is 1. The third-order valence-corrected chi connectivity index (χ3v) is 10.6. The molecule has 262 valence electrons. The van der Waals surface area contributed by atoms with E-state index in [4.69, 9.17) is 27.9 Å². The first kappa shape index (κ1) is 37.6. The number of nitrogens with zero attached hydrogens (tertiary/aromatic N) is 2. The molecule has 5 aromatic carbocycles. The van der Waals surface area contributed by atoms with Crippen molar-refractivity contribution in [2.24, 2.45) is 0 Å². The van der Waals surface area contributed by atoms with Gasteiger partial charge in [-0.05, 0) is 89.3 Å². The molecule has 0 saturated heterocycles. The fraction of sp³-hybridized carbons (Fsp3) is 0.135. The number of benzene rings is 5. The van der Waals surface area contributed by atoms with Crippen LogP contribution in [0.5, 0.6) is 17.2 Å². The molecule has 0 aliphatic rings. The van der Waals surface area contributed by atoms with Crippen molar-refractivity contribution in [3.8, 4) is 23.3 Å². The number of phenols is 1. The smallest absolute Gasteiger partial charge is 0.247 e. The van der Waals surface area contributed by atoms with Gasteiger partial charge in [-0.2, -0.15) is 9.57 Å². The third-order valence-electron chi connectivity index (χ3n) is 7.67. The van der Waals surface area contributed by atoms with Crippen molar-refractivity contribution >= 4 is 50.1 Å². The van der Waals surface area contributed by atoms with Crippen LogP contribution in [0.3, 0.4) is 0 Å². The van der Waals surface area contributed by atoms with Crippen LogP contribution in [0.1, 0.15) is 44.6 Å². The second kappa shape index (κ2) is 16.6. The molecule has 0 aliphatic heterocycles. The Bertz CT molecular complexity index is 2250. The van der Waals surface area contributed by atoms with Crippen molar-refractivity contribution in [3.05, 3.63) is 152 Å². The zero-order valence-electron chi connectivity index (χ0n) is 26.6. The molecular weight excluding hydrogens is 738 g/mol. The zero-order valence-corrected chi connectivity index (χ0v) is 29.8. The van der Waals surface area contributed by atoms with Gasteiger partial charge in [0.05, 0.1) is 22.4 Å². The van der Waals surface area contributed by atoms with Crippen LogP contribution >= 0.6 is 23.2 Å². The maximum atomic E-state index is 14.2. The molecule has 51 heavy (non-hydrogen) atoms. The fourth-order valence-electron chi connectivity index (χ4n) is 5.22. The summed E-state index contributed by atoms with van der Waals surface area (Å²) in [7, 11) is -4.50. The summed E-state index contributed by atoms with van der Waals surface area (Å²) in [4.78, 5) is 12.6. The molecule has 0 heterocycles. The Hall–Kier alpha value is -4.61. The molecule has 1 unspecified atom stereocenters. The number of nitriles is 1. The van der Waals surface area contributed by atoms with Gasteiger partial charge in [0, 0.05) is 30.1 Å². The molecule has 9 nitrogen and oxygen atoms in total. The lowest BCUT2D eigenvalue weighted by Gasteiger charge is -2.24. The van der Waals surface area contributed by atoms with Gasteiger partial charge in [0.15, 0.2) is 22.6 Å². The van der Waals surface area contributed by atoms with Crippen molar-refractivity contribution in [1.82, 2.24) is 4.31 Å². The van der Waals surface area contributed by atoms with Gasteiger partial charge in [-0.1, -0.05) is 65.7 Å². The largest absolute Gasteiger partial charge is 0.505 e. The molecule has 0 aromatic heterocycles. The number of ether oxygens (including phenoxy) is 1. The highest BCUT2D eigenvalue weighted by Gasteiger charge is 2.30. The van der Waals surface area contributed by atoms with Crippen LogP contribution in [0.2, 0.25) is 10.0 Å².